The van der Waals surface area contributed by atoms with Crippen molar-refractivity contribution in [3.63, 3.8) is 0 Å². The first kappa shape index (κ1) is 14.0. The number of halogens is 2. The molecule has 3 nitrogen and oxygen atoms in total. The molecule has 1 atom stereocenters. The molecule has 0 bridgehead atoms. The molecule has 0 aliphatic heterocycles. The molecule has 1 aliphatic rings. The number of hydrogen-bond acceptors (Lipinski definition) is 2. The van der Waals surface area contributed by atoms with Crippen molar-refractivity contribution in [1.29, 1.82) is 0 Å². The first-order valence-corrected chi connectivity index (χ1v) is 8.15. The average molecular weight is 336 g/mol. The largest absolute Gasteiger partial charge is 0.243 e. The number of rotatable bonds is 4. The molecule has 1 aromatic carbocycles. The van der Waals surface area contributed by atoms with Gasteiger partial charge in [0, 0.05) is 10.5 Å². The predicted molar refractivity (Wildman–Crippen MR) is 71.2 cm³/mol. The Morgan fingerprint density at radius 1 is 1.44 bits per heavy atom. The molecular formula is C12H15BrFNO2S. The maximum absolute atomic E-state index is 13.6. The van der Waals surface area contributed by atoms with Crippen LogP contribution in [0.1, 0.15) is 26.2 Å². The normalized spacial score (nSPS) is 18.4. The standard InChI is InChI=1S/C12H15BrFNO2S/c1-8(9-3-2-4-9)15-18(16,17)12-6-5-10(13)7-11(12)14/h5-9,15H,2-4H2,1H3. The molecule has 0 saturated heterocycles. The van der Waals surface area contributed by atoms with Crippen LogP contribution in [0.3, 0.4) is 0 Å². The van der Waals surface area contributed by atoms with Crippen molar-refractivity contribution in [1.82, 2.24) is 4.72 Å². The summed E-state index contributed by atoms with van der Waals surface area (Å²) in [6.45, 7) is 1.83. The third-order valence-electron chi connectivity index (χ3n) is 3.38. The topological polar surface area (TPSA) is 46.2 Å². The lowest BCUT2D eigenvalue weighted by Gasteiger charge is -2.31. The summed E-state index contributed by atoms with van der Waals surface area (Å²) >= 11 is 3.10. The molecule has 2 rings (SSSR count). The van der Waals surface area contributed by atoms with Crippen molar-refractivity contribution in [2.24, 2.45) is 5.92 Å². The van der Waals surface area contributed by atoms with E-state index in [1.165, 1.54) is 12.1 Å². The van der Waals surface area contributed by atoms with Gasteiger partial charge in [-0.15, -0.1) is 0 Å². The van der Waals surface area contributed by atoms with E-state index in [2.05, 4.69) is 20.7 Å². The molecule has 1 unspecified atom stereocenters. The lowest BCUT2D eigenvalue weighted by molar-refractivity contribution is 0.260. The molecular weight excluding hydrogens is 321 g/mol. The van der Waals surface area contributed by atoms with Gasteiger partial charge in [-0.3, -0.25) is 0 Å². The summed E-state index contributed by atoms with van der Waals surface area (Å²) in [4.78, 5) is -0.295. The minimum absolute atomic E-state index is 0.146. The van der Waals surface area contributed by atoms with E-state index in [-0.39, 0.29) is 10.9 Å². The van der Waals surface area contributed by atoms with Crippen molar-refractivity contribution in [3.8, 4) is 0 Å². The average Bonchev–Trinajstić information content (AvgIpc) is 2.12. The molecule has 0 amide bonds. The summed E-state index contributed by atoms with van der Waals surface area (Å²) in [5.74, 6) is -0.365. The van der Waals surface area contributed by atoms with Gasteiger partial charge in [-0.05, 0) is 43.9 Å². The van der Waals surface area contributed by atoms with Gasteiger partial charge in [0.05, 0.1) is 0 Å². The lowest BCUT2D eigenvalue weighted by atomic mass is 9.81. The molecule has 1 fully saturated rings. The third kappa shape index (κ3) is 2.92. The van der Waals surface area contributed by atoms with E-state index in [0.717, 1.165) is 25.3 Å². The van der Waals surface area contributed by atoms with Crippen LogP contribution in [0, 0.1) is 11.7 Å². The highest BCUT2D eigenvalue weighted by Crippen LogP contribution is 2.30. The van der Waals surface area contributed by atoms with E-state index in [1.54, 1.807) is 0 Å². The fourth-order valence-electron chi connectivity index (χ4n) is 2.04. The smallest absolute Gasteiger partial charge is 0.208 e. The molecule has 1 N–H and O–H groups in total. The number of sulfonamides is 1. The van der Waals surface area contributed by atoms with Crippen molar-refractivity contribution in [2.75, 3.05) is 0 Å². The van der Waals surface area contributed by atoms with Gasteiger partial charge in [-0.1, -0.05) is 22.4 Å². The quantitative estimate of drug-likeness (QED) is 0.919. The Morgan fingerprint density at radius 2 is 2.11 bits per heavy atom. The van der Waals surface area contributed by atoms with E-state index in [0.29, 0.717) is 10.4 Å². The minimum atomic E-state index is -3.77. The van der Waals surface area contributed by atoms with E-state index in [9.17, 15) is 12.8 Å². The molecule has 1 saturated carbocycles. The van der Waals surface area contributed by atoms with Crippen LogP contribution in [-0.4, -0.2) is 14.5 Å². The van der Waals surface area contributed by atoms with Crippen LogP contribution in [-0.2, 0) is 10.0 Å². The van der Waals surface area contributed by atoms with Gasteiger partial charge in [0.2, 0.25) is 10.0 Å². The molecule has 1 aromatic rings. The molecule has 6 heteroatoms. The second-order valence-electron chi connectivity index (χ2n) is 4.68. The zero-order chi connectivity index (χ0) is 13.3. The van der Waals surface area contributed by atoms with Gasteiger partial charge in [0.25, 0.3) is 0 Å². The molecule has 0 spiro atoms. The van der Waals surface area contributed by atoms with Crippen LogP contribution in [0.2, 0.25) is 0 Å². The number of nitrogens with one attached hydrogen (secondary N) is 1. The summed E-state index contributed by atoms with van der Waals surface area (Å²) in [5, 5.41) is 0. The van der Waals surface area contributed by atoms with E-state index < -0.39 is 15.8 Å². The Morgan fingerprint density at radius 3 is 2.61 bits per heavy atom. The molecule has 0 aromatic heterocycles. The van der Waals surface area contributed by atoms with Crippen LogP contribution in [0.4, 0.5) is 4.39 Å². The number of hydrogen-bond donors (Lipinski definition) is 1. The summed E-state index contributed by atoms with van der Waals surface area (Å²) in [6, 6.07) is 3.80. The predicted octanol–water partition coefficient (Wildman–Crippen LogP) is 3.06. The highest BCUT2D eigenvalue weighted by molar-refractivity contribution is 9.10. The Kier molecular flexibility index (Phi) is 4.08. The zero-order valence-electron chi connectivity index (χ0n) is 9.99. The van der Waals surface area contributed by atoms with Gasteiger partial charge in [-0.2, -0.15) is 0 Å². The summed E-state index contributed by atoms with van der Waals surface area (Å²) in [7, 11) is -3.77. The lowest BCUT2D eigenvalue weighted by Crippen LogP contribution is -2.40. The van der Waals surface area contributed by atoms with Crippen LogP contribution in [0.15, 0.2) is 27.6 Å². The third-order valence-corrected chi connectivity index (χ3v) is 5.47. The molecule has 0 radical (unpaired) electrons. The fraction of sp³-hybridized carbons (Fsp3) is 0.500. The Bertz CT molecular complexity index is 543. The van der Waals surface area contributed by atoms with Gasteiger partial charge in [-0.25, -0.2) is 17.5 Å². The first-order chi connectivity index (χ1) is 8.40. The van der Waals surface area contributed by atoms with Crippen LogP contribution >= 0.6 is 15.9 Å². The van der Waals surface area contributed by atoms with Crippen LogP contribution in [0.5, 0.6) is 0 Å². The number of benzene rings is 1. The van der Waals surface area contributed by atoms with Crippen molar-refractivity contribution < 1.29 is 12.8 Å². The van der Waals surface area contributed by atoms with Crippen molar-refractivity contribution in [2.45, 2.75) is 37.1 Å². The van der Waals surface area contributed by atoms with Crippen molar-refractivity contribution in [3.05, 3.63) is 28.5 Å². The van der Waals surface area contributed by atoms with E-state index >= 15 is 0 Å². The highest BCUT2D eigenvalue weighted by Gasteiger charge is 2.29. The maximum atomic E-state index is 13.6. The second kappa shape index (κ2) is 5.27. The molecule has 1 aliphatic carbocycles. The van der Waals surface area contributed by atoms with Gasteiger partial charge >= 0.3 is 0 Å². The Hall–Kier alpha value is -0.460. The zero-order valence-corrected chi connectivity index (χ0v) is 12.4. The van der Waals surface area contributed by atoms with E-state index in [4.69, 9.17) is 0 Å². The SMILES string of the molecule is CC(NS(=O)(=O)c1ccc(Br)cc1F)C1CCC1. The van der Waals surface area contributed by atoms with Gasteiger partial charge < -0.3 is 0 Å². The maximum Gasteiger partial charge on any atom is 0.243 e. The van der Waals surface area contributed by atoms with Crippen LogP contribution in [0.25, 0.3) is 0 Å². The van der Waals surface area contributed by atoms with Gasteiger partial charge in [0.1, 0.15) is 10.7 Å². The van der Waals surface area contributed by atoms with Crippen molar-refractivity contribution >= 4 is 26.0 Å². The Balaban J connectivity index is 2.19. The first-order valence-electron chi connectivity index (χ1n) is 5.87. The minimum Gasteiger partial charge on any atom is -0.208 e. The summed E-state index contributed by atoms with van der Waals surface area (Å²) in [6.07, 6.45) is 3.21. The second-order valence-corrected chi connectivity index (χ2v) is 7.27. The molecule has 18 heavy (non-hydrogen) atoms. The molecule has 0 heterocycles. The summed E-state index contributed by atoms with van der Waals surface area (Å²) < 4.78 is 40.8. The molecule has 100 valence electrons. The Labute approximate surface area is 115 Å². The van der Waals surface area contributed by atoms with E-state index in [1.807, 2.05) is 6.92 Å². The fourth-order valence-corrected chi connectivity index (χ4v) is 3.74. The van der Waals surface area contributed by atoms with Gasteiger partial charge in [0.15, 0.2) is 0 Å². The van der Waals surface area contributed by atoms with Crippen LogP contribution < -0.4 is 4.72 Å². The monoisotopic (exact) mass is 335 g/mol. The summed E-state index contributed by atoms with van der Waals surface area (Å²) in [5.41, 5.74) is 0. The highest BCUT2D eigenvalue weighted by atomic mass is 79.9.